The lowest BCUT2D eigenvalue weighted by molar-refractivity contribution is -0.149. The SMILES string of the molecule is CCC1CC(C(=O)O)CCN1C(=O)CN1CC(c2ccccc2Cl)c2cc(Cl)ccc2C(CC(C)C)C1=O. The summed E-state index contributed by atoms with van der Waals surface area (Å²) in [5, 5.41) is 10.7. The van der Waals surface area contributed by atoms with Crippen LogP contribution in [0, 0.1) is 11.8 Å². The molecule has 6 nitrogen and oxygen atoms in total. The van der Waals surface area contributed by atoms with Gasteiger partial charge in [0.15, 0.2) is 0 Å². The van der Waals surface area contributed by atoms with Crippen LogP contribution >= 0.6 is 23.2 Å². The predicted molar refractivity (Wildman–Crippen MR) is 150 cm³/mol. The summed E-state index contributed by atoms with van der Waals surface area (Å²) in [6.07, 6.45) is 2.18. The second kappa shape index (κ2) is 12.1. The highest BCUT2D eigenvalue weighted by atomic mass is 35.5. The van der Waals surface area contributed by atoms with Gasteiger partial charge in [0.25, 0.3) is 0 Å². The van der Waals surface area contributed by atoms with Gasteiger partial charge in [0, 0.05) is 35.1 Å². The zero-order valence-corrected chi connectivity index (χ0v) is 23.7. The first-order valence-corrected chi connectivity index (χ1v) is 14.2. The fourth-order valence-corrected chi connectivity index (χ4v) is 6.48. The monoisotopic (exact) mass is 558 g/mol. The highest BCUT2D eigenvalue weighted by molar-refractivity contribution is 6.31. The highest BCUT2D eigenvalue weighted by Gasteiger charge is 2.39. The first-order chi connectivity index (χ1) is 18.1. The van der Waals surface area contributed by atoms with Crippen molar-refractivity contribution in [2.75, 3.05) is 19.6 Å². The second-order valence-corrected chi connectivity index (χ2v) is 11.8. The molecular weight excluding hydrogens is 523 g/mol. The second-order valence-electron chi connectivity index (χ2n) is 11.0. The number of carbonyl (C=O) groups excluding carboxylic acids is 2. The van der Waals surface area contributed by atoms with Crippen molar-refractivity contribution in [2.24, 2.45) is 11.8 Å². The van der Waals surface area contributed by atoms with E-state index in [0.29, 0.717) is 48.8 Å². The van der Waals surface area contributed by atoms with Gasteiger partial charge in [0.1, 0.15) is 0 Å². The molecular formula is C30H36Cl2N2O4. The molecule has 0 saturated carbocycles. The van der Waals surface area contributed by atoms with Gasteiger partial charge in [-0.1, -0.05) is 68.2 Å². The number of hydrogen-bond acceptors (Lipinski definition) is 3. The van der Waals surface area contributed by atoms with E-state index in [9.17, 15) is 19.5 Å². The Hall–Kier alpha value is -2.57. The Morgan fingerprint density at radius 3 is 2.47 bits per heavy atom. The lowest BCUT2D eigenvalue weighted by atomic mass is 9.82. The Morgan fingerprint density at radius 1 is 1.08 bits per heavy atom. The number of carboxylic acid groups (broad SMARTS) is 1. The number of amides is 2. The molecule has 4 rings (SSSR count). The Morgan fingerprint density at radius 2 is 1.82 bits per heavy atom. The molecule has 0 aliphatic carbocycles. The van der Waals surface area contributed by atoms with Gasteiger partial charge in [0.05, 0.1) is 18.4 Å². The van der Waals surface area contributed by atoms with Crippen molar-refractivity contribution >= 4 is 41.0 Å². The third-order valence-electron chi connectivity index (χ3n) is 7.98. The minimum atomic E-state index is -0.811. The summed E-state index contributed by atoms with van der Waals surface area (Å²) < 4.78 is 0. The Labute approximate surface area is 234 Å². The van der Waals surface area contributed by atoms with Crippen molar-refractivity contribution in [3.63, 3.8) is 0 Å². The van der Waals surface area contributed by atoms with E-state index in [4.69, 9.17) is 23.2 Å². The molecule has 1 saturated heterocycles. The molecule has 2 amide bonds. The first-order valence-electron chi connectivity index (χ1n) is 13.4. The van der Waals surface area contributed by atoms with Gasteiger partial charge in [-0.2, -0.15) is 0 Å². The number of piperidine rings is 1. The van der Waals surface area contributed by atoms with E-state index < -0.39 is 17.8 Å². The lowest BCUT2D eigenvalue weighted by Crippen LogP contribution is -2.51. The Kier molecular flexibility index (Phi) is 9.04. The maximum atomic E-state index is 14.1. The van der Waals surface area contributed by atoms with Gasteiger partial charge in [-0.3, -0.25) is 14.4 Å². The molecule has 2 aromatic rings. The van der Waals surface area contributed by atoms with Crippen LogP contribution in [-0.4, -0.2) is 58.4 Å². The molecule has 1 N–H and O–H groups in total. The molecule has 8 heteroatoms. The Bertz CT molecular complexity index is 1200. The van der Waals surface area contributed by atoms with Crippen LogP contribution in [0.15, 0.2) is 42.5 Å². The van der Waals surface area contributed by atoms with E-state index in [-0.39, 0.29) is 36.2 Å². The number of carbonyl (C=O) groups is 3. The summed E-state index contributed by atoms with van der Waals surface area (Å²) in [5.74, 6) is -1.84. The van der Waals surface area contributed by atoms with Crippen LogP contribution in [0.25, 0.3) is 0 Å². The largest absolute Gasteiger partial charge is 0.481 e. The quantitative estimate of drug-likeness (QED) is 0.438. The molecule has 2 aliphatic rings. The standard InChI is InChI=1S/C30H36Cl2N2O4/c1-4-21-14-19(30(37)38)11-12-34(21)28(35)17-33-16-26(23-7-5-6-8-27(23)32)24-15-20(31)9-10-22(24)25(29(33)36)13-18(2)3/h5-10,15,18-19,21,25-26H,4,11-14,16-17H2,1-3H3,(H,37,38). The normalized spacial score (nSPS) is 23.8. The minimum absolute atomic E-state index is 0.0512. The van der Waals surface area contributed by atoms with Crippen LogP contribution in [0.4, 0.5) is 0 Å². The summed E-state index contributed by atoms with van der Waals surface area (Å²) in [5.41, 5.74) is 2.79. The summed E-state index contributed by atoms with van der Waals surface area (Å²) in [6.45, 7) is 6.79. The van der Waals surface area contributed by atoms with E-state index >= 15 is 0 Å². The minimum Gasteiger partial charge on any atom is -0.481 e. The van der Waals surface area contributed by atoms with Gasteiger partial charge in [-0.25, -0.2) is 0 Å². The molecule has 4 atom stereocenters. The average Bonchev–Trinajstić information content (AvgIpc) is 2.98. The fraction of sp³-hybridized carbons (Fsp3) is 0.500. The van der Waals surface area contributed by atoms with Gasteiger partial charge in [0.2, 0.25) is 11.8 Å². The molecule has 4 unspecified atom stereocenters. The highest BCUT2D eigenvalue weighted by Crippen LogP contribution is 2.42. The number of rotatable bonds is 7. The summed E-state index contributed by atoms with van der Waals surface area (Å²) in [6, 6.07) is 13.2. The lowest BCUT2D eigenvalue weighted by Gasteiger charge is -2.39. The Balaban J connectivity index is 1.71. The molecule has 2 aliphatic heterocycles. The number of carboxylic acids is 1. The molecule has 0 spiro atoms. The fourth-order valence-electron chi connectivity index (χ4n) is 6.04. The van der Waals surface area contributed by atoms with Gasteiger partial charge in [-0.15, -0.1) is 0 Å². The van der Waals surface area contributed by atoms with E-state index in [1.165, 1.54) is 0 Å². The number of halogens is 2. The van der Waals surface area contributed by atoms with Crippen LogP contribution in [0.5, 0.6) is 0 Å². The summed E-state index contributed by atoms with van der Waals surface area (Å²) in [4.78, 5) is 42.8. The van der Waals surface area contributed by atoms with Crippen LogP contribution in [0.1, 0.15) is 75.0 Å². The number of fused-ring (bicyclic) bond motifs is 1. The van der Waals surface area contributed by atoms with Crippen molar-refractivity contribution in [1.29, 1.82) is 0 Å². The van der Waals surface area contributed by atoms with Gasteiger partial charge >= 0.3 is 5.97 Å². The summed E-state index contributed by atoms with van der Waals surface area (Å²) in [7, 11) is 0. The maximum absolute atomic E-state index is 14.1. The van der Waals surface area contributed by atoms with E-state index in [2.05, 4.69) is 13.8 Å². The van der Waals surface area contributed by atoms with Crippen LogP contribution in [-0.2, 0) is 14.4 Å². The van der Waals surface area contributed by atoms with Crippen molar-refractivity contribution in [3.05, 3.63) is 69.2 Å². The number of hydrogen-bond donors (Lipinski definition) is 1. The predicted octanol–water partition coefficient (Wildman–Crippen LogP) is 6.20. The number of likely N-dealkylation sites (tertiary alicyclic amines) is 1. The molecule has 0 radical (unpaired) electrons. The topological polar surface area (TPSA) is 77.9 Å². The molecule has 1 fully saturated rings. The zero-order chi connectivity index (χ0) is 27.6. The number of aliphatic carboxylic acids is 1. The molecule has 0 aromatic heterocycles. The van der Waals surface area contributed by atoms with Crippen molar-refractivity contribution in [1.82, 2.24) is 9.80 Å². The third kappa shape index (κ3) is 6.02. The van der Waals surface area contributed by atoms with Crippen molar-refractivity contribution in [2.45, 2.75) is 64.3 Å². The van der Waals surface area contributed by atoms with Crippen LogP contribution in [0.2, 0.25) is 10.0 Å². The van der Waals surface area contributed by atoms with Gasteiger partial charge < -0.3 is 14.9 Å². The van der Waals surface area contributed by atoms with Crippen LogP contribution in [0.3, 0.4) is 0 Å². The van der Waals surface area contributed by atoms with E-state index in [1.807, 2.05) is 49.4 Å². The van der Waals surface area contributed by atoms with Crippen LogP contribution < -0.4 is 0 Å². The van der Waals surface area contributed by atoms with E-state index in [1.54, 1.807) is 9.80 Å². The number of benzene rings is 2. The molecule has 2 heterocycles. The third-order valence-corrected chi connectivity index (χ3v) is 8.56. The average molecular weight is 560 g/mol. The molecule has 2 aromatic carbocycles. The summed E-state index contributed by atoms with van der Waals surface area (Å²) >= 11 is 13.1. The van der Waals surface area contributed by atoms with E-state index in [0.717, 1.165) is 16.7 Å². The maximum Gasteiger partial charge on any atom is 0.306 e. The molecule has 204 valence electrons. The number of nitrogens with zero attached hydrogens (tertiary/aromatic N) is 2. The molecule has 0 bridgehead atoms. The van der Waals surface area contributed by atoms with Gasteiger partial charge in [-0.05, 0) is 66.5 Å². The molecule has 38 heavy (non-hydrogen) atoms. The smallest absolute Gasteiger partial charge is 0.306 e. The van der Waals surface area contributed by atoms with Crippen molar-refractivity contribution in [3.8, 4) is 0 Å². The van der Waals surface area contributed by atoms with Crippen molar-refractivity contribution < 1.29 is 19.5 Å². The first kappa shape index (κ1) is 28.4. The zero-order valence-electron chi connectivity index (χ0n) is 22.2.